The van der Waals surface area contributed by atoms with Gasteiger partial charge in [0.15, 0.2) is 5.96 Å². The molecule has 1 aromatic carbocycles. The van der Waals surface area contributed by atoms with Gasteiger partial charge in [-0.3, -0.25) is 4.99 Å². The Bertz CT molecular complexity index is 457. The van der Waals surface area contributed by atoms with Crippen LogP contribution in [0.25, 0.3) is 0 Å². The molecule has 23 heavy (non-hydrogen) atoms. The number of aliphatic imine (C=N–C) groups is 1. The zero-order valence-corrected chi connectivity index (χ0v) is 14.4. The zero-order valence-electron chi connectivity index (χ0n) is 14.4. The summed E-state index contributed by atoms with van der Waals surface area (Å²) < 4.78 is 5.66. The minimum Gasteiger partial charge on any atom is -0.492 e. The van der Waals surface area contributed by atoms with Gasteiger partial charge in [0.25, 0.3) is 0 Å². The van der Waals surface area contributed by atoms with E-state index in [4.69, 9.17) is 4.74 Å². The SMILES string of the molecule is CN=C(NCCOc1ccccc1)NCC(C)CN1CCCC1. The first-order valence-corrected chi connectivity index (χ1v) is 8.62. The lowest BCUT2D eigenvalue weighted by Crippen LogP contribution is -2.42. The van der Waals surface area contributed by atoms with Crippen molar-refractivity contribution in [3.8, 4) is 5.75 Å². The maximum absolute atomic E-state index is 5.66. The van der Waals surface area contributed by atoms with Crippen molar-refractivity contribution >= 4 is 5.96 Å². The van der Waals surface area contributed by atoms with E-state index in [-0.39, 0.29) is 0 Å². The Kier molecular flexibility index (Phi) is 7.73. The fourth-order valence-corrected chi connectivity index (χ4v) is 2.82. The molecule has 0 bridgehead atoms. The number of likely N-dealkylation sites (tertiary alicyclic amines) is 1. The Labute approximate surface area is 140 Å². The van der Waals surface area contributed by atoms with Gasteiger partial charge in [-0.1, -0.05) is 25.1 Å². The fourth-order valence-electron chi connectivity index (χ4n) is 2.82. The molecule has 1 saturated heterocycles. The molecule has 5 heteroatoms. The summed E-state index contributed by atoms with van der Waals surface area (Å²) >= 11 is 0. The smallest absolute Gasteiger partial charge is 0.191 e. The third-order valence-corrected chi connectivity index (χ3v) is 4.02. The van der Waals surface area contributed by atoms with Gasteiger partial charge in [0.1, 0.15) is 12.4 Å². The summed E-state index contributed by atoms with van der Waals surface area (Å²) in [5, 5.41) is 6.69. The second-order valence-electron chi connectivity index (χ2n) is 6.15. The molecule has 128 valence electrons. The van der Waals surface area contributed by atoms with Gasteiger partial charge in [0, 0.05) is 20.1 Å². The normalized spacial score (nSPS) is 17.0. The van der Waals surface area contributed by atoms with Crippen LogP contribution in [0.1, 0.15) is 19.8 Å². The van der Waals surface area contributed by atoms with Crippen LogP contribution in [0.15, 0.2) is 35.3 Å². The van der Waals surface area contributed by atoms with Gasteiger partial charge in [0.2, 0.25) is 0 Å². The molecule has 0 amide bonds. The van der Waals surface area contributed by atoms with Crippen molar-refractivity contribution in [3.63, 3.8) is 0 Å². The van der Waals surface area contributed by atoms with Gasteiger partial charge in [-0.15, -0.1) is 0 Å². The van der Waals surface area contributed by atoms with Crippen molar-refractivity contribution < 1.29 is 4.74 Å². The number of para-hydroxylation sites is 1. The minimum absolute atomic E-state index is 0.618. The van der Waals surface area contributed by atoms with Gasteiger partial charge in [-0.2, -0.15) is 0 Å². The maximum Gasteiger partial charge on any atom is 0.191 e. The average molecular weight is 318 g/mol. The molecule has 1 heterocycles. The summed E-state index contributed by atoms with van der Waals surface area (Å²) in [6, 6.07) is 9.87. The van der Waals surface area contributed by atoms with Crippen LogP contribution in [-0.2, 0) is 0 Å². The van der Waals surface area contributed by atoms with Gasteiger partial charge in [-0.05, 0) is 44.0 Å². The molecule has 1 aromatic rings. The fraction of sp³-hybridized carbons (Fsp3) is 0.611. The predicted molar refractivity (Wildman–Crippen MR) is 96.1 cm³/mol. The van der Waals surface area contributed by atoms with Crippen LogP contribution >= 0.6 is 0 Å². The van der Waals surface area contributed by atoms with Crippen molar-refractivity contribution in [2.24, 2.45) is 10.9 Å². The number of benzene rings is 1. The highest BCUT2D eigenvalue weighted by molar-refractivity contribution is 5.79. The van der Waals surface area contributed by atoms with Crippen molar-refractivity contribution in [1.29, 1.82) is 0 Å². The highest BCUT2D eigenvalue weighted by Gasteiger charge is 2.14. The van der Waals surface area contributed by atoms with Gasteiger partial charge in [-0.25, -0.2) is 0 Å². The molecule has 0 radical (unpaired) electrons. The van der Waals surface area contributed by atoms with Crippen LogP contribution in [-0.4, -0.2) is 57.2 Å². The van der Waals surface area contributed by atoms with Crippen LogP contribution in [0.5, 0.6) is 5.75 Å². The topological polar surface area (TPSA) is 48.9 Å². The van der Waals surface area contributed by atoms with E-state index in [0.717, 1.165) is 24.8 Å². The van der Waals surface area contributed by atoms with Gasteiger partial charge < -0.3 is 20.3 Å². The Balaban J connectivity index is 1.57. The molecular weight excluding hydrogens is 288 g/mol. The molecule has 1 aliphatic heterocycles. The Morgan fingerprint density at radius 2 is 1.96 bits per heavy atom. The molecule has 2 rings (SSSR count). The van der Waals surface area contributed by atoms with E-state index in [1.807, 2.05) is 30.3 Å². The summed E-state index contributed by atoms with van der Waals surface area (Å²) in [6.07, 6.45) is 2.70. The lowest BCUT2D eigenvalue weighted by atomic mass is 10.1. The molecule has 0 spiro atoms. The number of nitrogens with one attached hydrogen (secondary N) is 2. The summed E-state index contributed by atoms with van der Waals surface area (Å²) in [5.41, 5.74) is 0. The molecule has 1 aliphatic rings. The highest BCUT2D eigenvalue weighted by Crippen LogP contribution is 2.09. The van der Waals surface area contributed by atoms with Crippen molar-refractivity contribution in [2.45, 2.75) is 19.8 Å². The van der Waals surface area contributed by atoms with Crippen LogP contribution in [0.2, 0.25) is 0 Å². The third kappa shape index (κ3) is 6.91. The van der Waals surface area contributed by atoms with Crippen LogP contribution < -0.4 is 15.4 Å². The Morgan fingerprint density at radius 3 is 2.65 bits per heavy atom. The van der Waals surface area contributed by atoms with E-state index in [0.29, 0.717) is 12.5 Å². The first-order valence-electron chi connectivity index (χ1n) is 8.62. The molecule has 0 saturated carbocycles. The lowest BCUT2D eigenvalue weighted by molar-refractivity contribution is 0.287. The number of guanidine groups is 1. The van der Waals surface area contributed by atoms with Crippen molar-refractivity contribution in [3.05, 3.63) is 30.3 Å². The zero-order chi connectivity index (χ0) is 16.3. The van der Waals surface area contributed by atoms with Gasteiger partial charge in [0.05, 0.1) is 6.54 Å². The summed E-state index contributed by atoms with van der Waals surface area (Å²) in [5.74, 6) is 2.36. The number of rotatable bonds is 8. The molecule has 1 fully saturated rings. The minimum atomic E-state index is 0.618. The van der Waals surface area contributed by atoms with E-state index in [1.54, 1.807) is 7.05 Å². The molecule has 0 aromatic heterocycles. The van der Waals surface area contributed by atoms with Crippen LogP contribution in [0, 0.1) is 5.92 Å². The molecule has 2 N–H and O–H groups in total. The Hall–Kier alpha value is -1.75. The standard InChI is InChI=1S/C18H30N4O/c1-16(15-22-11-6-7-12-22)14-21-18(19-2)20-10-13-23-17-8-4-3-5-9-17/h3-5,8-9,16H,6-7,10-15H2,1-2H3,(H2,19,20,21). The van der Waals surface area contributed by atoms with Crippen LogP contribution in [0.3, 0.4) is 0 Å². The monoisotopic (exact) mass is 318 g/mol. The second-order valence-corrected chi connectivity index (χ2v) is 6.15. The quantitative estimate of drug-likeness (QED) is 0.437. The van der Waals surface area contributed by atoms with Crippen molar-refractivity contribution in [2.75, 3.05) is 46.4 Å². The van der Waals surface area contributed by atoms with E-state index in [9.17, 15) is 0 Å². The molecule has 5 nitrogen and oxygen atoms in total. The largest absolute Gasteiger partial charge is 0.492 e. The molecule has 1 atom stereocenters. The summed E-state index contributed by atoms with van der Waals surface area (Å²) in [4.78, 5) is 6.81. The molecule has 0 aliphatic carbocycles. The lowest BCUT2D eigenvalue weighted by Gasteiger charge is -2.21. The number of hydrogen-bond donors (Lipinski definition) is 2. The summed E-state index contributed by atoms with van der Waals surface area (Å²) in [6.45, 7) is 8.26. The van der Waals surface area contributed by atoms with E-state index >= 15 is 0 Å². The van der Waals surface area contributed by atoms with E-state index in [1.165, 1.54) is 32.5 Å². The van der Waals surface area contributed by atoms with Crippen LogP contribution in [0.4, 0.5) is 0 Å². The molecular formula is C18H30N4O. The highest BCUT2D eigenvalue weighted by atomic mass is 16.5. The molecule has 1 unspecified atom stereocenters. The number of ether oxygens (including phenoxy) is 1. The Morgan fingerprint density at radius 1 is 1.22 bits per heavy atom. The van der Waals surface area contributed by atoms with E-state index < -0.39 is 0 Å². The first kappa shape index (κ1) is 17.6. The van der Waals surface area contributed by atoms with Gasteiger partial charge >= 0.3 is 0 Å². The van der Waals surface area contributed by atoms with Crippen molar-refractivity contribution in [1.82, 2.24) is 15.5 Å². The number of hydrogen-bond acceptors (Lipinski definition) is 3. The predicted octanol–water partition coefficient (Wildman–Crippen LogP) is 1.96. The average Bonchev–Trinajstić information content (AvgIpc) is 3.08. The second kappa shape index (κ2) is 10.1. The summed E-state index contributed by atoms with van der Waals surface area (Å²) in [7, 11) is 1.80. The third-order valence-electron chi connectivity index (χ3n) is 4.02. The first-order chi connectivity index (χ1) is 11.3. The number of nitrogens with zero attached hydrogens (tertiary/aromatic N) is 2. The van der Waals surface area contributed by atoms with E-state index in [2.05, 4.69) is 27.4 Å². The maximum atomic E-state index is 5.66.